The molecular weight excluding hydrogens is 170 g/mol. The van der Waals surface area contributed by atoms with Crippen molar-refractivity contribution in [2.75, 3.05) is 6.54 Å². The zero-order valence-electron chi connectivity index (χ0n) is 7.86. The zero-order valence-corrected chi connectivity index (χ0v) is 7.86. The Morgan fingerprint density at radius 3 is 2.69 bits per heavy atom. The van der Waals surface area contributed by atoms with E-state index < -0.39 is 12.1 Å². The number of carbonyl (C=O) groups is 1. The zero-order chi connectivity index (χ0) is 9.84. The quantitative estimate of drug-likeness (QED) is 0.575. The molecule has 0 heterocycles. The van der Waals surface area contributed by atoms with Gasteiger partial charge in [0.1, 0.15) is 0 Å². The van der Waals surface area contributed by atoms with E-state index >= 15 is 0 Å². The molecule has 0 radical (unpaired) electrons. The van der Waals surface area contributed by atoms with Gasteiger partial charge in [-0.25, -0.2) is 0 Å². The molecular formula is C9H17NO3. The van der Waals surface area contributed by atoms with Crippen molar-refractivity contribution in [1.29, 1.82) is 0 Å². The smallest absolute Gasteiger partial charge is 0.306 e. The highest BCUT2D eigenvalue weighted by atomic mass is 16.4. The van der Waals surface area contributed by atoms with Crippen LogP contribution in [0.25, 0.3) is 0 Å². The molecule has 1 fully saturated rings. The van der Waals surface area contributed by atoms with Gasteiger partial charge in [0, 0.05) is 12.6 Å². The summed E-state index contributed by atoms with van der Waals surface area (Å²) in [6, 6.07) is 0.485. The molecule has 0 saturated heterocycles. The minimum atomic E-state index is -0.948. The normalized spacial score (nSPS) is 29.4. The first-order valence-electron chi connectivity index (χ1n) is 4.71. The van der Waals surface area contributed by atoms with E-state index in [1.54, 1.807) is 0 Å². The van der Waals surface area contributed by atoms with Crippen LogP contribution in [0.5, 0.6) is 0 Å². The highest BCUT2D eigenvalue weighted by Gasteiger charge is 2.25. The van der Waals surface area contributed by atoms with E-state index in [1.165, 1.54) is 0 Å². The standard InChI is InChI=1S/C9H17NO3/c1-6-2-7(3-6)10-5-8(11)4-9(12)13/h6-8,10-11H,2-5H2,1H3,(H,12,13). The van der Waals surface area contributed by atoms with Gasteiger partial charge >= 0.3 is 5.97 Å². The Hall–Kier alpha value is -0.610. The molecule has 0 spiro atoms. The molecule has 1 saturated carbocycles. The fraction of sp³-hybridized carbons (Fsp3) is 0.889. The minimum absolute atomic E-state index is 0.171. The third-order valence-electron chi connectivity index (χ3n) is 2.43. The topological polar surface area (TPSA) is 69.6 Å². The Labute approximate surface area is 78.0 Å². The molecule has 1 unspecified atom stereocenters. The number of aliphatic hydroxyl groups is 1. The lowest BCUT2D eigenvalue weighted by Gasteiger charge is -2.34. The van der Waals surface area contributed by atoms with Gasteiger partial charge in [-0.1, -0.05) is 6.92 Å². The first-order chi connectivity index (χ1) is 6.08. The van der Waals surface area contributed by atoms with Gasteiger partial charge in [0.05, 0.1) is 12.5 Å². The van der Waals surface area contributed by atoms with Crippen molar-refractivity contribution < 1.29 is 15.0 Å². The molecule has 1 aliphatic carbocycles. The predicted octanol–water partition coefficient (Wildman–Crippen LogP) is 0.210. The molecule has 0 amide bonds. The van der Waals surface area contributed by atoms with Crippen molar-refractivity contribution in [3.8, 4) is 0 Å². The van der Waals surface area contributed by atoms with Gasteiger partial charge < -0.3 is 15.5 Å². The minimum Gasteiger partial charge on any atom is -0.481 e. The molecule has 0 aliphatic heterocycles. The van der Waals surface area contributed by atoms with E-state index in [2.05, 4.69) is 12.2 Å². The van der Waals surface area contributed by atoms with Crippen molar-refractivity contribution in [3.63, 3.8) is 0 Å². The van der Waals surface area contributed by atoms with Crippen molar-refractivity contribution in [2.24, 2.45) is 5.92 Å². The largest absolute Gasteiger partial charge is 0.481 e. The van der Waals surface area contributed by atoms with Crippen LogP contribution in [0, 0.1) is 5.92 Å². The van der Waals surface area contributed by atoms with E-state index in [1.807, 2.05) is 0 Å². The third-order valence-corrected chi connectivity index (χ3v) is 2.43. The maximum absolute atomic E-state index is 10.2. The Bertz CT molecular complexity index is 178. The predicted molar refractivity (Wildman–Crippen MR) is 48.4 cm³/mol. The third kappa shape index (κ3) is 3.74. The first kappa shape index (κ1) is 10.5. The maximum Gasteiger partial charge on any atom is 0.306 e. The molecule has 0 aromatic rings. The molecule has 76 valence electrons. The van der Waals surface area contributed by atoms with Gasteiger partial charge in [-0.3, -0.25) is 4.79 Å². The number of rotatable bonds is 5. The van der Waals surface area contributed by atoms with E-state index in [4.69, 9.17) is 5.11 Å². The molecule has 1 aliphatic rings. The molecule has 3 N–H and O–H groups in total. The van der Waals surface area contributed by atoms with Crippen LogP contribution in [-0.2, 0) is 4.79 Å². The summed E-state index contributed by atoms with van der Waals surface area (Å²) < 4.78 is 0. The Morgan fingerprint density at radius 2 is 2.23 bits per heavy atom. The van der Waals surface area contributed by atoms with Crippen LogP contribution < -0.4 is 5.32 Å². The van der Waals surface area contributed by atoms with Crippen LogP contribution in [0.2, 0.25) is 0 Å². The number of aliphatic hydroxyl groups excluding tert-OH is 1. The molecule has 4 nitrogen and oxygen atoms in total. The fourth-order valence-corrected chi connectivity index (χ4v) is 1.65. The molecule has 0 bridgehead atoms. The summed E-state index contributed by atoms with van der Waals surface area (Å²) in [6.07, 6.45) is 1.35. The van der Waals surface area contributed by atoms with Crippen molar-refractivity contribution in [2.45, 2.75) is 38.3 Å². The van der Waals surface area contributed by atoms with Gasteiger partial charge in [-0.05, 0) is 18.8 Å². The number of nitrogens with one attached hydrogen (secondary N) is 1. The Kier molecular flexibility index (Phi) is 3.69. The number of hydrogen-bond acceptors (Lipinski definition) is 3. The molecule has 0 aromatic heterocycles. The summed E-state index contributed by atoms with van der Waals surface area (Å²) in [5.74, 6) is -0.176. The summed E-state index contributed by atoms with van der Waals surface area (Å²) in [6.45, 7) is 2.58. The van der Waals surface area contributed by atoms with Gasteiger partial charge in [0.15, 0.2) is 0 Å². The van der Waals surface area contributed by atoms with Crippen LogP contribution in [0.15, 0.2) is 0 Å². The van der Waals surface area contributed by atoms with E-state index in [9.17, 15) is 9.90 Å². The van der Waals surface area contributed by atoms with Crippen LogP contribution in [0.4, 0.5) is 0 Å². The van der Waals surface area contributed by atoms with E-state index in [0.29, 0.717) is 12.6 Å². The number of carboxylic acid groups (broad SMARTS) is 1. The second-order valence-corrected chi connectivity index (χ2v) is 3.93. The highest BCUT2D eigenvalue weighted by molar-refractivity contribution is 5.67. The summed E-state index contributed by atoms with van der Waals surface area (Å²) in [5.41, 5.74) is 0. The molecule has 4 heteroatoms. The molecule has 0 aromatic carbocycles. The second kappa shape index (κ2) is 4.58. The Balaban J connectivity index is 2.02. The van der Waals surface area contributed by atoms with Gasteiger partial charge in [-0.2, -0.15) is 0 Å². The lowest BCUT2D eigenvalue weighted by atomic mass is 9.82. The molecule has 1 atom stereocenters. The van der Waals surface area contributed by atoms with Crippen molar-refractivity contribution in [3.05, 3.63) is 0 Å². The lowest BCUT2D eigenvalue weighted by molar-refractivity contribution is -0.139. The monoisotopic (exact) mass is 187 g/mol. The van der Waals surface area contributed by atoms with Gasteiger partial charge in [0.25, 0.3) is 0 Å². The van der Waals surface area contributed by atoms with Crippen molar-refractivity contribution in [1.82, 2.24) is 5.32 Å². The van der Waals surface area contributed by atoms with Gasteiger partial charge in [0.2, 0.25) is 0 Å². The first-order valence-corrected chi connectivity index (χ1v) is 4.71. The lowest BCUT2D eigenvalue weighted by Crippen LogP contribution is -2.43. The van der Waals surface area contributed by atoms with Crippen LogP contribution in [0.1, 0.15) is 26.2 Å². The maximum atomic E-state index is 10.2. The van der Waals surface area contributed by atoms with E-state index in [-0.39, 0.29) is 6.42 Å². The Morgan fingerprint density at radius 1 is 1.62 bits per heavy atom. The molecule has 1 rings (SSSR count). The van der Waals surface area contributed by atoms with Crippen LogP contribution >= 0.6 is 0 Å². The number of aliphatic carboxylic acids is 1. The summed E-state index contributed by atoms with van der Waals surface area (Å²) >= 11 is 0. The average Bonchev–Trinajstić information content (AvgIpc) is 1.94. The second-order valence-electron chi connectivity index (χ2n) is 3.93. The SMILES string of the molecule is CC1CC(NCC(O)CC(=O)O)C1. The highest BCUT2D eigenvalue weighted by Crippen LogP contribution is 2.25. The van der Waals surface area contributed by atoms with Crippen LogP contribution in [-0.4, -0.2) is 34.9 Å². The molecule has 13 heavy (non-hydrogen) atoms. The van der Waals surface area contributed by atoms with Crippen LogP contribution in [0.3, 0.4) is 0 Å². The number of hydrogen-bond donors (Lipinski definition) is 3. The van der Waals surface area contributed by atoms with Crippen molar-refractivity contribution >= 4 is 5.97 Å². The fourth-order valence-electron chi connectivity index (χ4n) is 1.65. The summed E-state index contributed by atoms with van der Waals surface area (Å²) in [7, 11) is 0. The average molecular weight is 187 g/mol. The van der Waals surface area contributed by atoms with E-state index in [0.717, 1.165) is 18.8 Å². The number of carboxylic acids is 1. The summed E-state index contributed by atoms with van der Waals surface area (Å²) in [5, 5.41) is 20.7. The summed E-state index contributed by atoms with van der Waals surface area (Å²) in [4.78, 5) is 10.2. The van der Waals surface area contributed by atoms with Gasteiger partial charge in [-0.15, -0.1) is 0 Å².